The predicted molar refractivity (Wildman–Crippen MR) is 137 cm³/mol. The van der Waals surface area contributed by atoms with Crippen LogP contribution in [0, 0.1) is 39.4 Å². The molecule has 4 rings (SSSR count). The van der Waals surface area contributed by atoms with Gasteiger partial charge in [0.2, 0.25) is 15.9 Å². The molecule has 1 N–H and O–H groups in total. The Kier molecular flexibility index (Phi) is 7.42. The first kappa shape index (κ1) is 25.8. The number of anilines is 1. The fourth-order valence-corrected chi connectivity index (χ4v) is 6.47. The molecule has 2 aromatic carbocycles. The summed E-state index contributed by atoms with van der Waals surface area (Å²) in [4.78, 5) is 12.8. The molecule has 1 atom stereocenters. The fourth-order valence-electron chi connectivity index (χ4n) is 4.69. The van der Waals surface area contributed by atoms with E-state index in [1.807, 2.05) is 26.8 Å². The Hall–Kier alpha value is -3.30. The molecule has 0 aliphatic carbocycles. The lowest BCUT2D eigenvalue weighted by molar-refractivity contribution is -0.120. The highest BCUT2D eigenvalue weighted by Crippen LogP contribution is 2.30. The van der Waals surface area contributed by atoms with E-state index in [0.717, 1.165) is 22.3 Å². The van der Waals surface area contributed by atoms with Gasteiger partial charge in [-0.05, 0) is 87.6 Å². The molecule has 0 spiro atoms. The molecule has 0 saturated carbocycles. The van der Waals surface area contributed by atoms with Crippen molar-refractivity contribution in [3.8, 4) is 0 Å². The van der Waals surface area contributed by atoms with Gasteiger partial charge in [-0.25, -0.2) is 12.8 Å². The Bertz CT molecular complexity index is 1390. The van der Waals surface area contributed by atoms with Gasteiger partial charge in [-0.15, -0.1) is 0 Å². The zero-order valence-electron chi connectivity index (χ0n) is 20.8. The van der Waals surface area contributed by atoms with Crippen LogP contribution in [0.25, 0.3) is 12.2 Å². The molecule has 2 heterocycles. The summed E-state index contributed by atoms with van der Waals surface area (Å²) in [6, 6.07) is 9.61. The molecule has 1 aliphatic rings. The lowest BCUT2D eigenvalue weighted by atomic mass is 9.99. The maximum absolute atomic E-state index is 13.7. The van der Waals surface area contributed by atoms with E-state index in [1.165, 1.54) is 28.6 Å². The number of sulfonamides is 1. The van der Waals surface area contributed by atoms with Gasteiger partial charge in [0.1, 0.15) is 11.5 Å². The lowest BCUT2D eigenvalue weighted by Crippen LogP contribution is -2.43. The van der Waals surface area contributed by atoms with Gasteiger partial charge >= 0.3 is 0 Å². The zero-order chi connectivity index (χ0) is 26.0. The van der Waals surface area contributed by atoms with Gasteiger partial charge in [-0.3, -0.25) is 4.79 Å². The molecular formula is C27H30FN3O4S. The second-order valence-corrected chi connectivity index (χ2v) is 11.2. The molecule has 1 aromatic heterocycles. The van der Waals surface area contributed by atoms with Crippen molar-refractivity contribution in [2.75, 3.05) is 18.4 Å². The number of aromatic nitrogens is 1. The third-order valence-corrected chi connectivity index (χ3v) is 8.46. The van der Waals surface area contributed by atoms with Gasteiger partial charge in [0, 0.05) is 18.8 Å². The Balaban J connectivity index is 1.56. The summed E-state index contributed by atoms with van der Waals surface area (Å²) in [5.74, 6) is -1.07. The second-order valence-electron chi connectivity index (χ2n) is 9.31. The van der Waals surface area contributed by atoms with Crippen molar-refractivity contribution in [1.29, 1.82) is 0 Å². The first-order valence-electron chi connectivity index (χ1n) is 11.8. The number of amides is 1. The van der Waals surface area contributed by atoms with Crippen molar-refractivity contribution in [2.45, 2.75) is 45.4 Å². The van der Waals surface area contributed by atoms with Gasteiger partial charge < -0.3 is 9.84 Å². The number of hydrogen-bond acceptors (Lipinski definition) is 5. The largest absolute Gasteiger partial charge is 0.355 e. The SMILES string of the molecule is Cc1cc(C)c(/C=C/c2onc(C)c2S(=O)(=O)N2CCC[C@H](C(=O)Nc3ccc(F)cc3)C2)c(C)c1. The van der Waals surface area contributed by atoms with Crippen LogP contribution >= 0.6 is 0 Å². The van der Waals surface area contributed by atoms with Crippen LogP contribution < -0.4 is 5.32 Å². The third-order valence-electron chi connectivity index (χ3n) is 6.44. The van der Waals surface area contributed by atoms with Crippen molar-refractivity contribution in [3.63, 3.8) is 0 Å². The molecule has 1 amide bonds. The van der Waals surface area contributed by atoms with Crippen molar-refractivity contribution in [1.82, 2.24) is 9.46 Å². The smallest absolute Gasteiger partial charge is 0.248 e. The summed E-state index contributed by atoms with van der Waals surface area (Å²) >= 11 is 0. The summed E-state index contributed by atoms with van der Waals surface area (Å²) in [6.45, 7) is 7.98. The Morgan fingerprint density at radius 3 is 2.44 bits per heavy atom. The number of carbonyl (C=O) groups is 1. The van der Waals surface area contributed by atoms with Crippen LogP contribution in [0.15, 0.2) is 45.8 Å². The quantitative estimate of drug-likeness (QED) is 0.488. The average Bonchev–Trinajstić information content (AvgIpc) is 3.21. The number of aryl methyl sites for hydroxylation is 4. The maximum atomic E-state index is 13.7. The molecule has 190 valence electrons. The van der Waals surface area contributed by atoms with E-state index < -0.39 is 21.8 Å². The van der Waals surface area contributed by atoms with Crippen LogP contribution in [-0.2, 0) is 14.8 Å². The van der Waals surface area contributed by atoms with Crippen molar-refractivity contribution >= 4 is 33.8 Å². The number of halogens is 1. The van der Waals surface area contributed by atoms with Gasteiger partial charge in [-0.2, -0.15) is 4.31 Å². The van der Waals surface area contributed by atoms with Gasteiger partial charge in [-0.1, -0.05) is 28.9 Å². The van der Waals surface area contributed by atoms with Crippen LogP contribution in [-0.4, -0.2) is 36.9 Å². The fraction of sp³-hybridized carbons (Fsp3) is 0.333. The monoisotopic (exact) mass is 511 g/mol. The number of nitrogens with one attached hydrogen (secondary N) is 1. The Labute approximate surface area is 211 Å². The summed E-state index contributed by atoms with van der Waals surface area (Å²) in [5.41, 5.74) is 5.04. The van der Waals surface area contributed by atoms with Crippen molar-refractivity contribution < 1.29 is 22.1 Å². The van der Waals surface area contributed by atoms with Crippen LogP contribution in [0.3, 0.4) is 0 Å². The highest BCUT2D eigenvalue weighted by atomic mass is 32.2. The first-order valence-corrected chi connectivity index (χ1v) is 13.3. The highest BCUT2D eigenvalue weighted by Gasteiger charge is 2.37. The van der Waals surface area contributed by atoms with Crippen LogP contribution in [0.4, 0.5) is 10.1 Å². The molecular weight excluding hydrogens is 481 g/mol. The van der Waals surface area contributed by atoms with E-state index in [0.29, 0.717) is 25.1 Å². The Morgan fingerprint density at radius 2 is 1.78 bits per heavy atom. The predicted octanol–water partition coefficient (Wildman–Crippen LogP) is 5.26. The molecule has 0 bridgehead atoms. The van der Waals surface area contributed by atoms with E-state index in [2.05, 4.69) is 22.6 Å². The number of piperidine rings is 1. The number of hydrogen-bond donors (Lipinski definition) is 1. The van der Waals surface area contributed by atoms with E-state index in [-0.39, 0.29) is 28.8 Å². The zero-order valence-corrected chi connectivity index (χ0v) is 21.7. The molecule has 1 saturated heterocycles. The average molecular weight is 512 g/mol. The number of nitrogens with zero attached hydrogens (tertiary/aromatic N) is 2. The molecule has 9 heteroatoms. The third kappa shape index (κ3) is 5.42. The summed E-state index contributed by atoms with van der Waals surface area (Å²) < 4.78 is 47.2. The van der Waals surface area contributed by atoms with E-state index in [1.54, 1.807) is 13.0 Å². The van der Waals surface area contributed by atoms with Gasteiger partial charge in [0.15, 0.2) is 10.7 Å². The van der Waals surface area contributed by atoms with Crippen LogP contribution in [0.1, 0.15) is 46.5 Å². The van der Waals surface area contributed by atoms with E-state index in [9.17, 15) is 17.6 Å². The number of rotatable bonds is 6. The molecule has 7 nitrogen and oxygen atoms in total. The minimum absolute atomic E-state index is 0.0146. The maximum Gasteiger partial charge on any atom is 0.248 e. The number of benzene rings is 2. The normalized spacial score (nSPS) is 17.0. The molecule has 0 unspecified atom stereocenters. The first-order chi connectivity index (χ1) is 17.1. The molecule has 1 fully saturated rings. The van der Waals surface area contributed by atoms with Crippen molar-refractivity contribution in [3.05, 3.63) is 75.9 Å². The summed E-state index contributed by atoms with van der Waals surface area (Å²) in [7, 11) is -3.96. The minimum Gasteiger partial charge on any atom is -0.355 e. The van der Waals surface area contributed by atoms with Crippen molar-refractivity contribution in [2.24, 2.45) is 5.92 Å². The highest BCUT2D eigenvalue weighted by molar-refractivity contribution is 7.89. The molecule has 0 radical (unpaired) electrons. The molecule has 1 aliphatic heterocycles. The van der Waals surface area contributed by atoms with Gasteiger partial charge in [0.25, 0.3) is 0 Å². The standard InChI is InChI=1S/C27H30FN3O4S/c1-17-14-18(2)24(19(3)15-17)11-12-25-26(20(4)30-35-25)36(33,34)31-13-5-6-21(16-31)27(32)29-23-9-7-22(28)8-10-23/h7-12,14-15,21H,5-6,13,16H2,1-4H3,(H,29,32)/b12-11+/t21-/m0/s1. The topological polar surface area (TPSA) is 92.5 Å². The van der Waals surface area contributed by atoms with Crippen LogP contribution in [0.5, 0.6) is 0 Å². The van der Waals surface area contributed by atoms with E-state index >= 15 is 0 Å². The summed E-state index contributed by atoms with van der Waals surface area (Å²) in [5, 5.41) is 6.68. The van der Waals surface area contributed by atoms with E-state index in [4.69, 9.17) is 4.52 Å². The second kappa shape index (κ2) is 10.4. The molecule has 3 aromatic rings. The van der Waals surface area contributed by atoms with Crippen LogP contribution in [0.2, 0.25) is 0 Å². The number of carbonyl (C=O) groups excluding carboxylic acids is 1. The summed E-state index contributed by atoms with van der Waals surface area (Å²) in [6.07, 6.45) is 4.58. The minimum atomic E-state index is -3.96. The Morgan fingerprint density at radius 1 is 1.11 bits per heavy atom. The molecule has 36 heavy (non-hydrogen) atoms. The van der Waals surface area contributed by atoms with Gasteiger partial charge in [0.05, 0.1) is 5.92 Å². The lowest BCUT2D eigenvalue weighted by Gasteiger charge is -2.31.